The van der Waals surface area contributed by atoms with Crippen LogP contribution in [-0.2, 0) is 4.79 Å². The number of aliphatic hydroxyl groups is 1. The first-order chi connectivity index (χ1) is 6.37. The van der Waals surface area contributed by atoms with Crippen molar-refractivity contribution in [3.63, 3.8) is 0 Å². The Morgan fingerprint density at radius 3 is 2.50 bits per heavy atom. The summed E-state index contributed by atoms with van der Waals surface area (Å²) in [6, 6.07) is 0. The fourth-order valence-corrected chi connectivity index (χ4v) is 1.67. The van der Waals surface area contributed by atoms with Crippen molar-refractivity contribution in [2.24, 2.45) is 5.92 Å². The number of likely N-dealkylation sites (tertiary alicyclic amines) is 1. The molecule has 1 rings (SSSR count). The van der Waals surface area contributed by atoms with Crippen molar-refractivity contribution < 1.29 is 15.0 Å². The molecule has 0 amide bonds. The van der Waals surface area contributed by atoms with E-state index in [9.17, 15) is 9.90 Å². The molecule has 0 unspecified atom stereocenters. The van der Waals surface area contributed by atoms with Gasteiger partial charge in [0.2, 0.25) is 0 Å². The molecule has 0 atom stereocenters. The molecule has 0 aromatic rings. The van der Waals surface area contributed by atoms with Crippen LogP contribution in [0.5, 0.6) is 0 Å². The molecule has 0 aromatic carbocycles. The lowest BCUT2D eigenvalue weighted by atomic mass is 9.95. The molecule has 2 N–H and O–H groups in total. The van der Waals surface area contributed by atoms with Gasteiger partial charge in [-0.2, -0.15) is 0 Å². The lowest BCUT2D eigenvalue weighted by molar-refractivity contribution is -0.139. The van der Waals surface area contributed by atoms with Gasteiger partial charge < -0.3 is 15.1 Å². The Bertz CT molecular complexity index is 204. The van der Waals surface area contributed by atoms with Gasteiger partial charge in [0, 0.05) is 19.6 Å². The number of rotatable bonds is 5. The zero-order chi connectivity index (χ0) is 10.8. The summed E-state index contributed by atoms with van der Waals surface area (Å²) in [5, 5.41) is 18.0. The third kappa shape index (κ3) is 4.07. The molecular formula is C10H19NO3. The van der Waals surface area contributed by atoms with Crippen molar-refractivity contribution in [1.29, 1.82) is 0 Å². The van der Waals surface area contributed by atoms with E-state index in [0.717, 1.165) is 26.1 Å². The second kappa shape index (κ2) is 4.28. The quantitative estimate of drug-likeness (QED) is 0.682. The van der Waals surface area contributed by atoms with Gasteiger partial charge in [-0.15, -0.1) is 0 Å². The van der Waals surface area contributed by atoms with Gasteiger partial charge in [0.15, 0.2) is 0 Å². The van der Waals surface area contributed by atoms with Crippen molar-refractivity contribution in [3.05, 3.63) is 0 Å². The van der Waals surface area contributed by atoms with Crippen LogP contribution in [0.25, 0.3) is 0 Å². The summed E-state index contributed by atoms with van der Waals surface area (Å²) in [6.07, 6.45) is 1.02. The standard InChI is InChI=1S/C10H19NO3/c1-10(2,14)3-4-11-6-8(7-11)5-9(12)13/h8,14H,3-7H2,1-2H3,(H,12,13). The molecule has 0 aromatic heterocycles. The minimum Gasteiger partial charge on any atom is -0.481 e. The summed E-state index contributed by atoms with van der Waals surface area (Å²) in [7, 11) is 0. The predicted octanol–water partition coefficient (Wildman–Crippen LogP) is 0.554. The molecule has 82 valence electrons. The first-order valence-electron chi connectivity index (χ1n) is 5.03. The highest BCUT2D eigenvalue weighted by molar-refractivity contribution is 5.67. The normalized spacial score (nSPS) is 19.4. The molecule has 0 saturated carbocycles. The largest absolute Gasteiger partial charge is 0.481 e. The summed E-state index contributed by atoms with van der Waals surface area (Å²) < 4.78 is 0. The van der Waals surface area contributed by atoms with Crippen LogP contribution < -0.4 is 0 Å². The van der Waals surface area contributed by atoms with E-state index >= 15 is 0 Å². The summed E-state index contributed by atoms with van der Waals surface area (Å²) in [6.45, 7) is 6.17. The molecule has 0 radical (unpaired) electrons. The molecule has 1 aliphatic heterocycles. The van der Waals surface area contributed by atoms with E-state index in [1.807, 2.05) is 0 Å². The smallest absolute Gasteiger partial charge is 0.303 e. The van der Waals surface area contributed by atoms with Crippen molar-refractivity contribution >= 4 is 5.97 Å². The van der Waals surface area contributed by atoms with Crippen molar-refractivity contribution in [1.82, 2.24) is 4.90 Å². The van der Waals surface area contributed by atoms with Crippen molar-refractivity contribution in [3.8, 4) is 0 Å². The Hall–Kier alpha value is -0.610. The lowest BCUT2D eigenvalue weighted by Gasteiger charge is -2.39. The minimum atomic E-state index is -0.711. The van der Waals surface area contributed by atoms with E-state index in [1.165, 1.54) is 0 Å². The molecule has 1 saturated heterocycles. The molecule has 0 spiro atoms. The zero-order valence-electron chi connectivity index (χ0n) is 8.86. The van der Waals surface area contributed by atoms with E-state index in [2.05, 4.69) is 4.90 Å². The minimum absolute atomic E-state index is 0.277. The maximum atomic E-state index is 10.4. The summed E-state index contributed by atoms with van der Waals surface area (Å²) in [5.41, 5.74) is -0.613. The number of carbonyl (C=O) groups is 1. The van der Waals surface area contributed by atoms with Gasteiger partial charge in [-0.1, -0.05) is 0 Å². The Labute approximate surface area is 84.5 Å². The number of nitrogens with zero attached hydrogens (tertiary/aromatic N) is 1. The average Bonchev–Trinajstić information content (AvgIpc) is 1.90. The van der Waals surface area contributed by atoms with Crippen LogP contribution in [0.4, 0.5) is 0 Å². The Morgan fingerprint density at radius 2 is 2.07 bits per heavy atom. The van der Waals surface area contributed by atoms with Gasteiger partial charge in [-0.05, 0) is 26.2 Å². The van der Waals surface area contributed by atoms with E-state index in [-0.39, 0.29) is 6.42 Å². The maximum Gasteiger partial charge on any atom is 0.303 e. The Kier molecular flexibility index (Phi) is 3.50. The molecule has 0 aliphatic carbocycles. The van der Waals surface area contributed by atoms with Gasteiger partial charge in [-0.3, -0.25) is 4.79 Å². The predicted molar refractivity (Wildman–Crippen MR) is 53.1 cm³/mol. The van der Waals surface area contributed by atoms with Crippen LogP contribution in [0.15, 0.2) is 0 Å². The van der Waals surface area contributed by atoms with E-state index in [4.69, 9.17) is 5.11 Å². The summed E-state index contributed by atoms with van der Waals surface area (Å²) in [5.74, 6) is -0.397. The first-order valence-corrected chi connectivity index (χ1v) is 5.03. The first kappa shape index (κ1) is 11.5. The Morgan fingerprint density at radius 1 is 1.50 bits per heavy atom. The topological polar surface area (TPSA) is 60.8 Å². The van der Waals surface area contributed by atoms with Crippen molar-refractivity contribution in [2.75, 3.05) is 19.6 Å². The van der Waals surface area contributed by atoms with E-state index < -0.39 is 11.6 Å². The van der Waals surface area contributed by atoms with Crippen molar-refractivity contribution in [2.45, 2.75) is 32.3 Å². The fraction of sp³-hybridized carbons (Fsp3) is 0.900. The molecular weight excluding hydrogens is 182 g/mol. The van der Waals surface area contributed by atoms with Crippen LogP contribution >= 0.6 is 0 Å². The fourth-order valence-electron chi connectivity index (χ4n) is 1.67. The van der Waals surface area contributed by atoms with Crippen LogP contribution in [0, 0.1) is 5.92 Å². The number of hydrogen-bond donors (Lipinski definition) is 2. The molecule has 1 fully saturated rings. The third-order valence-corrected chi connectivity index (χ3v) is 2.54. The molecule has 4 nitrogen and oxygen atoms in total. The molecule has 1 heterocycles. The summed E-state index contributed by atoms with van der Waals surface area (Å²) in [4.78, 5) is 12.6. The third-order valence-electron chi connectivity index (χ3n) is 2.54. The second-order valence-electron chi connectivity index (χ2n) is 4.79. The number of carboxylic acids is 1. The van der Waals surface area contributed by atoms with Gasteiger partial charge in [0.25, 0.3) is 0 Å². The molecule has 1 aliphatic rings. The number of carboxylic acid groups (broad SMARTS) is 1. The maximum absolute atomic E-state index is 10.4. The lowest BCUT2D eigenvalue weighted by Crippen LogP contribution is -2.48. The number of aliphatic carboxylic acids is 1. The van der Waals surface area contributed by atoms with Gasteiger partial charge >= 0.3 is 5.97 Å². The molecule has 4 heteroatoms. The summed E-state index contributed by atoms with van der Waals surface area (Å²) >= 11 is 0. The van der Waals surface area contributed by atoms with Crippen LogP contribution in [0.2, 0.25) is 0 Å². The highest BCUT2D eigenvalue weighted by atomic mass is 16.4. The zero-order valence-corrected chi connectivity index (χ0v) is 8.86. The highest BCUT2D eigenvalue weighted by Gasteiger charge is 2.29. The molecule has 0 bridgehead atoms. The van der Waals surface area contributed by atoms with Crippen LogP contribution in [0.1, 0.15) is 26.7 Å². The van der Waals surface area contributed by atoms with Gasteiger partial charge in [-0.25, -0.2) is 0 Å². The van der Waals surface area contributed by atoms with E-state index in [0.29, 0.717) is 5.92 Å². The Balaban J connectivity index is 2.07. The SMILES string of the molecule is CC(C)(O)CCN1CC(CC(=O)O)C1. The van der Waals surface area contributed by atoms with Crippen LogP contribution in [0.3, 0.4) is 0 Å². The average molecular weight is 201 g/mol. The van der Waals surface area contributed by atoms with Gasteiger partial charge in [0.05, 0.1) is 12.0 Å². The monoisotopic (exact) mass is 201 g/mol. The second-order valence-corrected chi connectivity index (χ2v) is 4.79. The van der Waals surface area contributed by atoms with E-state index in [1.54, 1.807) is 13.8 Å². The van der Waals surface area contributed by atoms with Gasteiger partial charge in [0.1, 0.15) is 0 Å². The number of hydrogen-bond acceptors (Lipinski definition) is 3. The van der Waals surface area contributed by atoms with Crippen LogP contribution in [-0.4, -0.2) is 46.3 Å². The molecule has 14 heavy (non-hydrogen) atoms. The highest BCUT2D eigenvalue weighted by Crippen LogP contribution is 2.20.